The van der Waals surface area contributed by atoms with E-state index in [1.54, 1.807) is 42.5 Å². The second-order valence-corrected chi connectivity index (χ2v) is 6.64. The molecule has 0 saturated heterocycles. The number of fused-ring (bicyclic) bond motifs is 2. The van der Waals surface area contributed by atoms with Gasteiger partial charge in [0.2, 0.25) is 5.91 Å². The maximum Gasteiger partial charge on any atom is 0.228 e. The summed E-state index contributed by atoms with van der Waals surface area (Å²) in [6.45, 7) is 1.99. The number of anilines is 1. The zero-order chi connectivity index (χ0) is 19.0. The molecule has 0 bridgehead atoms. The van der Waals surface area contributed by atoms with Crippen LogP contribution in [0, 0.1) is 6.92 Å². The van der Waals surface area contributed by atoms with Crippen molar-refractivity contribution in [1.29, 1.82) is 0 Å². The Hall–Kier alpha value is -3.53. The van der Waals surface area contributed by atoms with Crippen LogP contribution in [-0.4, -0.2) is 17.5 Å². The fourth-order valence-electron chi connectivity index (χ4n) is 3.33. The van der Waals surface area contributed by atoms with E-state index < -0.39 is 0 Å². The Balaban J connectivity index is 1.66. The van der Waals surface area contributed by atoms with Crippen LogP contribution in [0.15, 0.2) is 66.7 Å². The smallest absolute Gasteiger partial charge is 0.228 e. The zero-order valence-electron chi connectivity index (χ0n) is 14.8. The maximum atomic E-state index is 12.9. The van der Waals surface area contributed by atoms with Crippen LogP contribution in [0.25, 0.3) is 0 Å². The Morgan fingerprint density at radius 2 is 1.41 bits per heavy atom. The molecule has 0 heterocycles. The highest BCUT2D eigenvalue weighted by Crippen LogP contribution is 2.31. The van der Waals surface area contributed by atoms with Crippen molar-refractivity contribution in [3.63, 3.8) is 0 Å². The number of benzene rings is 3. The van der Waals surface area contributed by atoms with Crippen LogP contribution in [0.3, 0.4) is 0 Å². The van der Waals surface area contributed by atoms with Crippen LogP contribution in [0.1, 0.15) is 43.0 Å². The van der Waals surface area contributed by atoms with Crippen molar-refractivity contribution >= 4 is 23.2 Å². The molecular weight excluding hydrogens is 338 g/mol. The van der Waals surface area contributed by atoms with Crippen molar-refractivity contribution in [2.45, 2.75) is 13.3 Å². The Kier molecular flexibility index (Phi) is 4.16. The van der Waals surface area contributed by atoms with Crippen LogP contribution in [0.2, 0.25) is 0 Å². The van der Waals surface area contributed by atoms with Crippen molar-refractivity contribution in [3.8, 4) is 0 Å². The minimum atomic E-state index is -0.244. The van der Waals surface area contributed by atoms with E-state index >= 15 is 0 Å². The lowest BCUT2D eigenvalue weighted by Gasteiger charge is -2.20. The second-order valence-electron chi connectivity index (χ2n) is 6.64. The van der Waals surface area contributed by atoms with Gasteiger partial charge in [0.25, 0.3) is 0 Å². The molecule has 0 spiro atoms. The Bertz CT molecular complexity index is 1080. The number of hydrogen-bond acceptors (Lipinski definition) is 3. The quantitative estimate of drug-likeness (QED) is 0.605. The fraction of sp³-hybridized carbons (Fsp3) is 0.0870. The van der Waals surface area contributed by atoms with Gasteiger partial charge in [-0.1, -0.05) is 66.2 Å². The van der Waals surface area contributed by atoms with Gasteiger partial charge in [0.05, 0.1) is 17.7 Å². The monoisotopic (exact) mass is 355 g/mol. The molecule has 0 saturated carbocycles. The van der Waals surface area contributed by atoms with E-state index in [2.05, 4.69) is 5.32 Å². The van der Waals surface area contributed by atoms with Gasteiger partial charge < -0.3 is 5.32 Å². The van der Waals surface area contributed by atoms with E-state index in [9.17, 15) is 14.4 Å². The zero-order valence-corrected chi connectivity index (χ0v) is 14.8. The van der Waals surface area contributed by atoms with Crippen molar-refractivity contribution in [3.05, 3.63) is 100 Å². The summed E-state index contributed by atoms with van der Waals surface area (Å²) < 4.78 is 0. The van der Waals surface area contributed by atoms with Crippen molar-refractivity contribution < 1.29 is 14.4 Å². The van der Waals surface area contributed by atoms with E-state index in [1.165, 1.54) is 0 Å². The summed E-state index contributed by atoms with van der Waals surface area (Å²) >= 11 is 0. The number of rotatable bonds is 3. The van der Waals surface area contributed by atoms with Gasteiger partial charge in [0, 0.05) is 16.7 Å². The number of carbonyl (C=O) groups is 3. The van der Waals surface area contributed by atoms with Gasteiger partial charge in [-0.3, -0.25) is 14.4 Å². The molecule has 3 aromatic carbocycles. The Labute approximate surface area is 156 Å². The van der Waals surface area contributed by atoms with Crippen molar-refractivity contribution in [2.75, 3.05) is 5.32 Å². The highest BCUT2D eigenvalue weighted by Gasteiger charge is 2.31. The van der Waals surface area contributed by atoms with Crippen LogP contribution in [0.5, 0.6) is 0 Å². The van der Waals surface area contributed by atoms with Gasteiger partial charge in [0.1, 0.15) is 0 Å². The molecule has 1 amide bonds. The Morgan fingerprint density at radius 1 is 0.778 bits per heavy atom. The third kappa shape index (κ3) is 3.06. The third-order valence-electron chi connectivity index (χ3n) is 4.71. The molecule has 1 N–H and O–H groups in total. The molecule has 1 aliphatic rings. The molecule has 3 aromatic rings. The highest BCUT2D eigenvalue weighted by atomic mass is 16.2. The topological polar surface area (TPSA) is 63.2 Å². The number of ketones is 2. The number of amides is 1. The van der Waals surface area contributed by atoms with E-state index in [4.69, 9.17) is 0 Å². The van der Waals surface area contributed by atoms with Crippen molar-refractivity contribution in [1.82, 2.24) is 0 Å². The largest absolute Gasteiger partial charge is 0.325 e. The summed E-state index contributed by atoms with van der Waals surface area (Å²) in [6.07, 6.45) is 0.197. The number of hydrogen-bond donors (Lipinski definition) is 1. The number of carbonyl (C=O) groups excluding carboxylic acids is 3. The van der Waals surface area contributed by atoms with Crippen molar-refractivity contribution in [2.24, 2.45) is 0 Å². The van der Waals surface area contributed by atoms with Gasteiger partial charge in [-0.2, -0.15) is 0 Å². The first-order chi connectivity index (χ1) is 13.0. The highest BCUT2D eigenvalue weighted by molar-refractivity contribution is 6.30. The Morgan fingerprint density at radius 3 is 2.11 bits per heavy atom. The van der Waals surface area contributed by atoms with Crippen LogP contribution in [-0.2, 0) is 11.2 Å². The third-order valence-corrected chi connectivity index (χ3v) is 4.71. The minimum absolute atomic E-state index is 0.197. The van der Waals surface area contributed by atoms with E-state index in [1.807, 2.05) is 31.2 Å². The molecule has 4 heteroatoms. The summed E-state index contributed by atoms with van der Waals surface area (Å²) in [6, 6.07) is 19.4. The number of nitrogens with one attached hydrogen (secondary N) is 1. The summed E-state index contributed by atoms with van der Waals surface area (Å²) in [4.78, 5) is 38.2. The second kappa shape index (κ2) is 6.65. The summed E-state index contributed by atoms with van der Waals surface area (Å²) in [5, 5.41) is 2.80. The first-order valence-corrected chi connectivity index (χ1v) is 8.71. The molecule has 0 aliphatic heterocycles. The number of aryl methyl sites for hydroxylation is 1. The lowest BCUT2D eigenvalue weighted by atomic mass is 9.83. The average molecular weight is 355 g/mol. The van der Waals surface area contributed by atoms with Crippen LogP contribution >= 0.6 is 0 Å². The van der Waals surface area contributed by atoms with Crippen LogP contribution < -0.4 is 5.32 Å². The van der Waals surface area contributed by atoms with Gasteiger partial charge in [0.15, 0.2) is 11.6 Å². The standard InChI is InChI=1S/C23H17NO3/c1-14-9-11-15(12-10-14)13-20(25)24-19-8-4-7-18-21(19)23(27)17-6-3-2-5-16(17)22(18)26/h2-12H,13H2,1H3,(H,24,25). The van der Waals surface area contributed by atoms with E-state index in [0.717, 1.165) is 11.1 Å². The molecule has 27 heavy (non-hydrogen) atoms. The average Bonchev–Trinajstić information content (AvgIpc) is 2.68. The SMILES string of the molecule is Cc1ccc(CC(=O)Nc2cccc3c2C(=O)c2ccccc2C3=O)cc1. The molecule has 0 atom stereocenters. The van der Waals surface area contributed by atoms with Gasteiger partial charge >= 0.3 is 0 Å². The fourth-order valence-corrected chi connectivity index (χ4v) is 3.33. The molecule has 132 valence electrons. The van der Waals surface area contributed by atoms with Gasteiger partial charge in [-0.25, -0.2) is 0 Å². The van der Waals surface area contributed by atoms with E-state index in [0.29, 0.717) is 22.4 Å². The van der Waals surface area contributed by atoms with Gasteiger partial charge in [-0.05, 0) is 18.6 Å². The molecule has 4 rings (SSSR count). The first-order valence-electron chi connectivity index (χ1n) is 8.71. The predicted molar refractivity (Wildman–Crippen MR) is 103 cm³/mol. The lowest BCUT2D eigenvalue weighted by molar-refractivity contribution is -0.115. The van der Waals surface area contributed by atoms with Crippen LogP contribution in [0.4, 0.5) is 5.69 Å². The maximum absolute atomic E-state index is 12.9. The summed E-state index contributed by atoms with van der Waals surface area (Å²) in [7, 11) is 0. The van der Waals surface area contributed by atoms with Gasteiger partial charge in [-0.15, -0.1) is 0 Å². The molecule has 0 aromatic heterocycles. The minimum Gasteiger partial charge on any atom is -0.325 e. The predicted octanol–water partition coefficient (Wildman–Crippen LogP) is 3.95. The summed E-state index contributed by atoms with van der Waals surface area (Å²) in [5.41, 5.74) is 3.74. The lowest BCUT2D eigenvalue weighted by Crippen LogP contribution is -2.24. The molecule has 0 unspecified atom stereocenters. The first kappa shape index (κ1) is 16.9. The molecule has 4 nitrogen and oxygen atoms in total. The molecule has 1 aliphatic carbocycles. The summed E-state index contributed by atoms with van der Waals surface area (Å²) in [5.74, 6) is -0.673. The molecule has 0 fully saturated rings. The normalized spacial score (nSPS) is 12.3. The van der Waals surface area contributed by atoms with E-state index in [-0.39, 0.29) is 29.5 Å². The molecular formula is C23H17NO3. The molecule has 0 radical (unpaired) electrons.